The third kappa shape index (κ3) is 9.48. The molecule has 0 aliphatic heterocycles. The van der Waals surface area contributed by atoms with E-state index in [1.807, 2.05) is 37.2 Å². The van der Waals surface area contributed by atoms with E-state index in [1.165, 1.54) is 12.3 Å². The molecule has 0 aliphatic rings. The molecule has 0 aliphatic carbocycles. The first-order valence-electron chi connectivity index (χ1n) is 10.9. The Hall–Kier alpha value is -3.88. The number of aliphatic imine (C=N–C) groups is 1. The second-order valence-corrected chi connectivity index (χ2v) is 8.19. The van der Waals surface area contributed by atoms with Crippen LogP contribution in [0.1, 0.15) is 17.3 Å². The van der Waals surface area contributed by atoms with E-state index < -0.39 is 0 Å². The highest BCUT2D eigenvalue weighted by Gasteiger charge is 2.10. The zero-order chi connectivity index (χ0) is 25.8. The van der Waals surface area contributed by atoms with E-state index in [2.05, 4.69) is 32.8 Å². The van der Waals surface area contributed by atoms with E-state index in [0.29, 0.717) is 45.7 Å². The highest BCUT2D eigenvalue weighted by molar-refractivity contribution is 6.39. The zero-order valence-corrected chi connectivity index (χ0v) is 21.1. The molecule has 0 unspecified atom stereocenters. The van der Waals surface area contributed by atoms with Crippen LogP contribution < -0.4 is 21.3 Å². The Morgan fingerprint density at radius 3 is 2.43 bits per heavy atom. The molecule has 35 heavy (non-hydrogen) atoms. The highest BCUT2D eigenvalue weighted by atomic mass is 35.5. The third-order valence-electron chi connectivity index (χ3n) is 4.57. The molecule has 2 aromatic rings. The zero-order valence-electron chi connectivity index (χ0n) is 20.4. The van der Waals surface area contributed by atoms with E-state index in [0.717, 1.165) is 0 Å². The summed E-state index contributed by atoms with van der Waals surface area (Å²) in [5.74, 6) is -0.0546. The van der Waals surface area contributed by atoms with Gasteiger partial charge in [0.2, 0.25) is 5.91 Å². The fourth-order valence-electron chi connectivity index (χ4n) is 2.85. The van der Waals surface area contributed by atoms with Crippen molar-refractivity contribution in [2.24, 2.45) is 4.99 Å². The number of hydrogen-bond acceptors (Lipinski definition) is 6. The fraction of sp³-hybridized carbons (Fsp3) is 0.192. The molecule has 9 heteroatoms. The molecule has 0 saturated carbocycles. The molecule has 0 radical (unpaired) electrons. The standard InChI is InChI=1S/C26H31ClN6O2/c1-18(30-24-13-7-6-12-22(24)26(35)28-3)23(27)17-29-19(2)31-20-10-8-11-21(16-20)32-25(34)14-9-15-33(4)5/h6-14,16-17,30-31H,2,15H2,1,3-5H3,(H,28,35)(H,32,34)/b14-9+,23-18-,29-17-. The van der Waals surface area contributed by atoms with Gasteiger partial charge in [0.1, 0.15) is 5.82 Å². The van der Waals surface area contributed by atoms with Crippen LogP contribution in [-0.4, -0.2) is 50.6 Å². The molecule has 4 N–H and O–H groups in total. The van der Waals surface area contributed by atoms with Gasteiger partial charge in [-0.15, -0.1) is 0 Å². The van der Waals surface area contributed by atoms with E-state index in [9.17, 15) is 9.59 Å². The lowest BCUT2D eigenvalue weighted by Gasteiger charge is -2.12. The number of para-hydroxylation sites is 1. The molecule has 2 rings (SSSR count). The topological polar surface area (TPSA) is 97.9 Å². The quantitative estimate of drug-likeness (QED) is 0.269. The Labute approximate surface area is 211 Å². The summed E-state index contributed by atoms with van der Waals surface area (Å²) < 4.78 is 0. The summed E-state index contributed by atoms with van der Waals surface area (Å²) in [7, 11) is 5.44. The summed E-state index contributed by atoms with van der Waals surface area (Å²) in [5.41, 5.74) is 3.09. The summed E-state index contributed by atoms with van der Waals surface area (Å²) in [4.78, 5) is 30.3. The minimum atomic E-state index is -0.210. The summed E-state index contributed by atoms with van der Waals surface area (Å²) in [6.45, 7) is 6.36. The van der Waals surface area contributed by atoms with Gasteiger partial charge in [-0.05, 0) is 51.4 Å². The van der Waals surface area contributed by atoms with Gasteiger partial charge in [0.25, 0.3) is 5.91 Å². The number of nitrogens with zero attached hydrogens (tertiary/aromatic N) is 2. The van der Waals surface area contributed by atoms with Crippen molar-refractivity contribution < 1.29 is 9.59 Å². The number of allylic oxidation sites excluding steroid dienone is 2. The molecule has 2 aromatic carbocycles. The second-order valence-electron chi connectivity index (χ2n) is 7.79. The van der Waals surface area contributed by atoms with Crippen LogP contribution in [0, 0.1) is 0 Å². The van der Waals surface area contributed by atoms with E-state index in [-0.39, 0.29) is 11.8 Å². The van der Waals surface area contributed by atoms with Crippen molar-refractivity contribution in [1.29, 1.82) is 0 Å². The minimum absolute atomic E-state index is 0.203. The average Bonchev–Trinajstić information content (AvgIpc) is 2.82. The normalized spacial score (nSPS) is 11.9. The van der Waals surface area contributed by atoms with Crippen LogP contribution in [0.15, 0.2) is 88.8 Å². The average molecular weight is 495 g/mol. The Balaban J connectivity index is 2.00. The first-order valence-corrected chi connectivity index (χ1v) is 11.2. The summed E-state index contributed by atoms with van der Waals surface area (Å²) in [6, 6.07) is 14.3. The van der Waals surface area contributed by atoms with Crippen LogP contribution in [0.5, 0.6) is 0 Å². The van der Waals surface area contributed by atoms with Crippen molar-refractivity contribution in [1.82, 2.24) is 10.2 Å². The van der Waals surface area contributed by atoms with E-state index >= 15 is 0 Å². The molecule has 0 atom stereocenters. The maximum atomic E-state index is 12.1. The van der Waals surface area contributed by atoms with Gasteiger partial charge in [-0.1, -0.05) is 42.5 Å². The van der Waals surface area contributed by atoms with Gasteiger partial charge in [-0.25, -0.2) is 4.99 Å². The molecule has 0 fully saturated rings. The van der Waals surface area contributed by atoms with Gasteiger partial charge in [-0.3, -0.25) is 9.59 Å². The van der Waals surface area contributed by atoms with Crippen molar-refractivity contribution >= 4 is 46.7 Å². The Morgan fingerprint density at radius 2 is 1.74 bits per heavy atom. The molecule has 0 aromatic heterocycles. The van der Waals surface area contributed by atoms with Gasteiger partial charge in [0.15, 0.2) is 0 Å². The number of carbonyl (C=O) groups excluding carboxylic acids is 2. The molecule has 0 bridgehead atoms. The van der Waals surface area contributed by atoms with Gasteiger partial charge in [0.05, 0.1) is 16.3 Å². The fourth-order valence-corrected chi connectivity index (χ4v) is 2.94. The summed E-state index contributed by atoms with van der Waals surface area (Å²) >= 11 is 6.38. The molecule has 184 valence electrons. The largest absolute Gasteiger partial charge is 0.357 e. The SMILES string of the molecule is C=C(/N=C\C(Cl)=C(/C)Nc1ccccc1C(=O)NC)Nc1cccc(NC(=O)/C=C/CN(C)C)c1. The monoisotopic (exact) mass is 494 g/mol. The lowest BCUT2D eigenvalue weighted by molar-refractivity contribution is -0.111. The van der Waals surface area contributed by atoms with Crippen LogP contribution in [0.3, 0.4) is 0 Å². The number of rotatable bonds is 11. The molecule has 2 amide bonds. The molecule has 0 saturated heterocycles. The Kier molecular flexibility index (Phi) is 10.7. The van der Waals surface area contributed by atoms with Crippen molar-refractivity contribution in [2.45, 2.75) is 6.92 Å². The van der Waals surface area contributed by atoms with Gasteiger partial charge in [-0.2, -0.15) is 0 Å². The molecule has 0 heterocycles. The van der Waals surface area contributed by atoms with Crippen molar-refractivity contribution in [3.63, 3.8) is 0 Å². The number of benzene rings is 2. The predicted octanol–water partition coefficient (Wildman–Crippen LogP) is 4.64. The maximum absolute atomic E-state index is 12.1. The first-order chi connectivity index (χ1) is 16.7. The lowest BCUT2D eigenvalue weighted by Crippen LogP contribution is -2.19. The predicted molar refractivity (Wildman–Crippen MR) is 146 cm³/mol. The van der Waals surface area contributed by atoms with Crippen LogP contribution in [0.25, 0.3) is 0 Å². The molecular formula is C26H31ClN6O2. The second kappa shape index (κ2) is 13.7. The lowest BCUT2D eigenvalue weighted by atomic mass is 10.1. The van der Waals surface area contributed by atoms with Crippen LogP contribution in [-0.2, 0) is 4.79 Å². The highest BCUT2D eigenvalue weighted by Crippen LogP contribution is 2.20. The van der Waals surface area contributed by atoms with Gasteiger partial charge < -0.3 is 26.2 Å². The van der Waals surface area contributed by atoms with E-state index in [4.69, 9.17) is 11.6 Å². The third-order valence-corrected chi connectivity index (χ3v) is 4.95. The number of nitrogens with one attached hydrogen (secondary N) is 4. The summed E-state index contributed by atoms with van der Waals surface area (Å²) in [5, 5.41) is 12.0. The Morgan fingerprint density at radius 1 is 1.06 bits per heavy atom. The first kappa shape index (κ1) is 27.4. The molecule has 0 spiro atoms. The van der Waals surface area contributed by atoms with Crippen molar-refractivity contribution in [3.8, 4) is 0 Å². The van der Waals surface area contributed by atoms with E-state index in [1.54, 1.807) is 50.4 Å². The number of anilines is 3. The van der Waals surface area contributed by atoms with Crippen molar-refractivity contribution in [3.05, 3.63) is 89.4 Å². The number of carbonyl (C=O) groups is 2. The molecule has 8 nitrogen and oxygen atoms in total. The smallest absolute Gasteiger partial charge is 0.253 e. The van der Waals surface area contributed by atoms with Crippen LogP contribution in [0.2, 0.25) is 0 Å². The number of halogens is 1. The minimum Gasteiger partial charge on any atom is -0.357 e. The Bertz CT molecular complexity index is 1150. The van der Waals surface area contributed by atoms with Crippen LogP contribution >= 0.6 is 11.6 Å². The number of likely N-dealkylation sites (N-methyl/N-ethyl adjacent to an activating group) is 1. The van der Waals surface area contributed by atoms with Crippen LogP contribution in [0.4, 0.5) is 17.1 Å². The summed E-state index contributed by atoms with van der Waals surface area (Å²) in [6.07, 6.45) is 4.75. The molecular weight excluding hydrogens is 464 g/mol. The number of hydrogen-bond donors (Lipinski definition) is 4. The van der Waals surface area contributed by atoms with Gasteiger partial charge in [0, 0.05) is 43.0 Å². The maximum Gasteiger partial charge on any atom is 0.253 e. The van der Waals surface area contributed by atoms with Gasteiger partial charge >= 0.3 is 0 Å². The van der Waals surface area contributed by atoms with Crippen molar-refractivity contribution in [2.75, 3.05) is 43.6 Å². The number of amides is 2.